The first-order valence-electron chi connectivity index (χ1n) is 4.20. The number of aromatic nitrogens is 2. The Morgan fingerprint density at radius 2 is 2.54 bits per heavy atom. The third kappa shape index (κ3) is 1.42. The van der Waals surface area contributed by atoms with E-state index in [1.165, 1.54) is 0 Å². The zero-order valence-electron chi connectivity index (χ0n) is 7.47. The van der Waals surface area contributed by atoms with Crippen molar-refractivity contribution in [2.45, 2.75) is 12.6 Å². The maximum absolute atomic E-state index is 11.1. The number of carbonyl (C=O) groups excluding carboxylic acids is 1. The van der Waals surface area contributed by atoms with E-state index in [4.69, 9.17) is 5.73 Å². The highest BCUT2D eigenvalue weighted by molar-refractivity contribution is 5.87. The summed E-state index contributed by atoms with van der Waals surface area (Å²) in [6.45, 7) is 1.22. The second-order valence-corrected chi connectivity index (χ2v) is 3.31. The highest BCUT2D eigenvalue weighted by Gasteiger charge is 2.33. The minimum Gasteiger partial charge on any atom is -0.333 e. The lowest BCUT2D eigenvalue weighted by Crippen LogP contribution is -2.60. The Morgan fingerprint density at radius 3 is 3.00 bits per heavy atom. The summed E-state index contributed by atoms with van der Waals surface area (Å²) in [7, 11) is 1.85. The van der Waals surface area contributed by atoms with Gasteiger partial charge in [0, 0.05) is 19.8 Å². The molecule has 70 valence electrons. The number of rotatable bonds is 2. The summed E-state index contributed by atoms with van der Waals surface area (Å²) in [5, 5.41) is 4.17. The number of hydrogen-bond acceptors (Lipinski definition) is 3. The van der Waals surface area contributed by atoms with E-state index in [9.17, 15) is 4.79 Å². The number of nitrogens with two attached hydrogens (primary N) is 1. The number of nitrogens with zero attached hydrogens (tertiary/aromatic N) is 3. The van der Waals surface area contributed by atoms with Crippen molar-refractivity contribution in [3.05, 3.63) is 18.0 Å². The average Bonchev–Trinajstić information content (AvgIpc) is 2.50. The van der Waals surface area contributed by atoms with Gasteiger partial charge in [0.15, 0.2) is 0 Å². The van der Waals surface area contributed by atoms with Gasteiger partial charge in [-0.05, 0) is 6.07 Å². The molecule has 13 heavy (non-hydrogen) atoms. The molecule has 5 heteroatoms. The first-order chi connectivity index (χ1) is 6.16. The second kappa shape index (κ2) is 2.85. The van der Waals surface area contributed by atoms with Gasteiger partial charge >= 0.3 is 0 Å². The van der Waals surface area contributed by atoms with E-state index in [1.54, 1.807) is 9.58 Å². The Labute approximate surface area is 76.1 Å². The number of hydrogen-bond donors (Lipinski definition) is 1. The first-order valence-corrected chi connectivity index (χ1v) is 4.20. The number of likely N-dealkylation sites (tertiary alicyclic amines) is 1. The fourth-order valence-electron chi connectivity index (χ4n) is 1.41. The largest absolute Gasteiger partial charge is 0.333 e. The van der Waals surface area contributed by atoms with Gasteiger partial charge in [0.1, 0.15) is 6.04 Å². The minimum absolute atomic E-state index is 0.0191. The van der Waals surface area contributed by atoms with Gasteiger partial charge in [-0.25, -0.2) is 0 Å². The Morgan fingerprint density at radius 1 is 1.77 bits per heavy atom. The van der Waals surface area contributed by atoms with Gasteiger partial charge in [-0.2, -0.15) is 5.10 Å². The van der Waals surface area contributed by atoms with Gasteiger partial charge in [-0.3, -0.25) is 9.48 Å². The molecular formula is C8H12N4O. The lowest BCUT2D eigenvalue weighted by Gasteiger charge is -2.35. The third-order valence-corrected chi connectivity index (χ3v) is 2.17. The second-order valence-electron chi connectivity index (χ2n) is 3.31. The topological polar surface area (TPSA) is 64.2 Å². The van der Waals surface area contributed by atoms with Crippen LogP contribution in [0.5, 0.6) is 0 Å². The number of β-lactam (4-membered cyclic amide) rings is 1. The van der Waals surface area contributed by atoms with Crippen molar-refractivity contribution in [2.75, 3.05) is 6.54 Å². The van der Waals surface area contributed by atoms with Crippen molar-refractivity contribution in [1.29, 1.82) is 0 Å². The Kier molecular flexibility index (Phi) is 1.81. The molecule has 1 aromatic rings. The van der Waals surface area contributed by atoms with E-state index in [-0.39, 0.29) is 11.9 Å². The molecule has 1 fully saturated rings. The van der Waals surface area contributed by atoms with E-state index in [0.29, 0.717) is 13.1 Å². The SMILES string of the molecule is Cn1ccc(CN2CC(N)C2=O)n1. The van der Waals surface area contributed by atoms with E-state index >= 15 is 0 Å². The molecule has 2 heterocycles. The van der Waals surface area contributed by atoms with E-state index < -0.39 is 0 Å². The molecule has 2 N–H and O–H groups in total. The molecule has 0 aromatic carbocycles. The van der Waals surface area contributed by atoms with Crippen LogP contribution in [0.4, 0.5) is 0 Å². The van der Waals surface area contributed by atoms with Crippen LogP contribution in [0.3, 0.4) is 0 Å². The molecule has 1 atom stereocenters. The van der Waals surface area contributed by atoms with Gasteiger partial charge in [0.25, 0.3) is 0 Å². The molecule has 1 amide bonds. The van der Waals surface area contributed by atoms with Crippen LogP contribution in [0.2, 0.25) is 0 Å². The van der Waals surface area contributed by atoms with Crippen LogP contribution < -0.4 is 5.73 Å². The van der Waals surface area contributed by atoms with E-state index in [2.05, 4.69) is 5.10 Å². The van der Waals surface area contributed by atoms with Gasteiger partial charge in [0.05, 0.1) is 12.2 Å². The smallest absolute Gasteiger partial charge is 0.241 e. The van der Waals surface area contributed by atoms with Crippen molar-refractivity contribution in [3.8, 4) is 0 Å². The Balaban J connectivity index is 1.96. The summed E-state index contributed by atoms with van der Waals surface area (Å²) >= 11 is 0. The maximum Gasteiger partial charge on any atom is 0.241 e. The third-order valence-electron chi connectivity index (χ3n) is 2.17. The molecule has 0 bridgehead atoms. The van der Waals surface area contributed by atoms with Crippen molar-refractivity contribution >= 4 is 5.91 Å². The van der Waals surface area contributed by atoms with Crippen LogP contribution in [0.1, 0.15) is 5.69 Å². The van der Waals surface area contributed by atoms with E-state index in [0.717, 1.165) is 5.69 Å². The Bertz CT molecular complexity index is 333. The van der Waals surface area contributed by atoms with Crippen LogP contribution in [0.15, 0.2) is 12.3 Å². The zero-order chi connectivity index (χ0) is 9.42. The molecule has 0 radical (unpaired) electrons. The fraction of sp³-hybridized carbons (Fsp3) is 0.500. The molecule has 1 saturated heterocycles. The number of aryl methyl sites for hydroxylation is 1. The van der Waals surface area contributed by atoms with Crippen LogP contribution >= 0.6 is 0 Å². The predicted octanol–water partition coefficient (Wildman–Crippen LogP) is -0.910. The van der Waals surface area contributed by atoms with Crippen molar-refractivity contribution in [2.24, 2.45) is 12.8 Å². The summed E-state index contributed by atoms with van der Waals surface area (Å²) in [5.74, 6) is 0.0191. The van der Waals surface area contributed by atoms with E-state index in [1.807, 2.05) is 19.3 Å². The molecule has 1 unspecified atom stereocenters. The highest BCUT2D eigenvalue weighted by atomic mass is 16.2. The molecule has 0 spiro atoms. The molecule has 0 saturated carbocycles. The average molecular weight is 180 g/mol. The summed E-state index contributed by atoms with van der Waals surface area (Å²) < 4.78 is 1.72. The monoisotopic (exact) mass is 180 g/mol. The lowest BCUT2D eigenvalue weighted by atomic mass is 10.1. The Hall–Kier alpha value is -1.36. The van der Waals surface area contributed by atoms with Crippen molar-refractivity contribution in [1.82, 2.24) is 14.7 Å². The quantitative estimate of drug-likeness (QED) is 0.599. The standard InChI is InChI=1S/C8H12N4O/c1-11-3-2-6(10-11)4-12-5-7(9)8(12)13/h2-3,7H,4-5,9H2,1H3. The van der Waals surface area contributed by atoms with Crippen molar-refractivity contribution in [3.63, 3.8) is 0 Å². The summed E-state index contributed by atoms with van der Waals surface area (Å²) in [5.41, 5.74) is 6.36. The first kappa shape index (κ1) is 8.25. The normalized spacial score (nSPS) is 21.8. The van der Waals surface area contributed by atoms with Gasteiger partial charge in [0.2, 0.25) is 5.91 Å². The summed E-state index contributed by atoms with van der Waals surface area (Å²) in [4.78, 5) is 12.8. The van der Waals surface area contributed by atoms with Gasteiger partial charge in [-0.1, -0.05) is 0 Å². The van der Waals surface area contributed by atoms with Crippen molar-refractivity contribution < 1.29 is 4.79 Å². The van der Waals surface area contributed by atoms with Crippen LogP contribution in [-0.2, 0) is 18.4 Å². The maximum atomic E-state index is 11.1. The molecule has 5 nitrogen and oxygen atoms in total. The number of amides is 1. The molecule has 0 aliphatic carbocycles. The molecular weight excluding hydrogens is 168 g/mol. The van der Waals surface area contributed by atoms with Crippen LogP contribution in [0.25, 0.3) is 0 Å². The predicted molar refractivity (Wildman–Crippen MR) is 46.6 cm³/mol. The molecule has 1 aromatic heterocycles. The zero-order valence-corrected chi connectivity index (χ0v) is 7.47. The van der Waals surface area contributed by atoms with Crippen LogP contribution in [0, 0.1) is 0 Å². The van der Waals surface area contributed by atoms with Crippen LogP contribution in [-0.4, -0.2) is 33.2 Å². The lowest BCUT2D eigenvalue weighted by molar-refractivity contribution is -0.143. The fourth-order valence-corrected chi connectivity index (χ4v) is 1.41. The molecule has 1 aliphatic rings. The summed E-state index contributed by atoms with van der Waals surface area (Å²) in [6, 6.07) is 1.61. The van der Waals surface area contributed by atoms with Gasteiger partial charge < -0.3 is 10.6 Å². The summed E-state index contributed by atoms with van der Waals surface area (Å²) in [6.07, 6.45) is 1.86. The molecule has 2 rings (SSSR count). The molecule has 1 aliphatic heterocycles. The van der Waals surface area contributed by atoms with Gasteiger partial charge in [-0.15, -0.1) is 0 Å². The minimum atomic E-state index is -0.288. The highest BCUT2D eigenvalue weighted by Crippen LogP contribution is 2.11. The number of carbonyl (C=O) groups is 1.